The van der Waals surface area contributed by atoms with Gasteiger partial charge < -0.3 is 5.32 Å². The minimum atomic E-state index is -0.150. The van der Waals surface area contributed by atoms with Crippen LogP contribution in [0.3, 0.4) is 0 Å². The molecule has 0 spiro atoms. The molecule has 0 atom stereocenters. The number of rotatable bonds is 5. The Kier molecular flexibility index (Phi) is 5.24. The summed E-state index contributed by atoms with van der Waals surface area (Å²) < 4.78 is 3.50. The summed E-state index contributed by atoms with van der Waals surface area (Å²) in [5, 5.41) is 15.2. The van der Waals surface area contributed by atoms with Crippen molar-refractivity contribution in [2.45, 2.75) is 24.8 Å². The molecule has 0 aliphatic rings. The maximum Gasteiger partial charge on any atom is 0.267 e. The number of hydrogen-bond acceptors (Lipinski definition) is 7. The molecule has 8 nitrogen and oxygen atoms in total. The lowest BCUT2D eigenvalue weighted by Gasteiger charge is -2.11. The van der Waals surface area contributed by atoms with Crippen LogP contribution in [0.2, 0.25) is 0 Å². The maximum atomic E-state index is 13.3. The van der Waals surface area contributed by atoms with E-state index in [4.69, 9.17) is 0 Å². The van der Waals surface area contributed by atoms with Crippen molar-refractivity contribution in [3.8, 4) is 5.69 Å². The predicted octanol–water partition coefficient (Wildman–Crippen LogP) is 4.05. The molecule has 1 amide bonds. The molecule has 1 N–H and O–H groups in total. The van der Waals surface area contributed by atoms with Gasteiger partial charge in [0, 0.05) is 18.1 Å². The summed E-state index contributed by atoms with van der Waals surface area (Å²) >= 11 is 2.85. The number of thiazole rings is 1. The largest absolute Gasteiger partial charge is 0.302 e. The minimum Gasteiger partial charge on any atom is -0.302 e. The first-order valence-corrected chi connectivity index (χ1v) is 11.7. The number of carbonyl (C=O) groups excluding carboxylic acids is 1. The van der Waals surface area contributed by atoms with Gasteiger partial charge in [-0.05, 0) is 31.2 Å². The smallest absolute Gasteiger partial charge is 0.267 e. The predicted molar refractivity (Wildman–Crippen MR) is 127 cm³/mol. The molecule has 160 valence electrons. The second-order valence-electron chi connectivity index (χ2n) is 7.23. The Balaban J connectivity index is 1.61. The molecule has 0 unspecified atom stereocenters. The Bertz CT molecular complexity index is 1520. The average Bonchev–Trinajstić information content (AvgIpc) is 3.40. The van der Waals surface area contributed by atoms with Gasteiger partial charge in [-0.3, -0.25) is 14.0 Å². The first-order valence-electron chi connectivity index (χ1n) is 9.82. The van der Waals surface area contributed by atoms with Crippen molar-refractivity contribution >= 4 is 50.8 Å². The number of benzene rings is 2. The third-order valence-corrected chi connectivity index (χ3v) is 6.64. The average molecular weight is 463 g/mol. The summed E-state index contributed by atoms with van der Waals surface area (Å²) in [5.41, 5.74) is 3.29. The van der Waals surface area contributed by atoms with Gasteiger partial charge in [-0.25, -0.2) is 9.55 Å². The number of aryl methyl sites for hydroxylation is 1. The van der Waals surface area contributed by atoms with Crippen molar-refractivity contribution in [1.29, 1.82) is 0 Å². The van der Waals surface area contributed by atoms with Gasteiger partial charge in [0.25, 0.3) is 5.56 Å². The van der Waals surface area contributed by atoms with Gasteiger partial charge in [0.05, 0.1) is 22.3 Å². The van der Waals surface area contributed by atoms with Crippen LogP contribution in [-0.4, -0.2) is 30.1 Å². The van der Waals surface area contributed by atoms with E-state index in [1.54, 1.807) is 4.57 Å². The minimum absolute atomic E-state index is 0.139. The van der Waals surface area contributed by atoms with E-state index in [0.29, 0.717) is 27.2 Å². The number of anilines is 1. The second kappa shape index (κ2) is 8.21. The Labute approximate surface area is 190 Å². The molecule has 0 radical (unpaired) electrons. The fraction of sp³-hybridized carbons (Fsp3) is 0.136. The molecule has 0 fully saturated rings. The van der Waals surface area contributed by atoms with Crippen molar-refractivity contribution in [3.05, 3.63) is 75.5 Å². The summed E-state index contributed by atoms with van der Waals surface area (Å²) in [7, 11) is 0. The highest BCUT2D eigenvalue weighted by molar-refractivity contribution is 7.98. The molecule has 2 aromatic carbocycles. The zero-order chi connectivity index (χ0) is 22.2. The van der Waals surface area contributed by atoms with Gasteiger partial charge in [-0.1, -0.05) is 41.6 Å². The van der Waals surface area contributed by atoms with Crippen LogP contribution >= 0.6 is 23.1 Å². The lowest BCUT2D eigenvalue weighted by atomic mass is 10.2. The van der Waals surface area contributed by atoms with E-state index in [1.165, 1.54) is 30.0 Å². The molecule has 3 heterocycles. The summed E-state index contributed by atoms with van der Waals surface area (Å²) in [6.45, 7) is 3.46. The number of nitrogens with one attached hydrogen (secondary N) is 1. The maximum absolute atomic E-state index is 13.3. The van der Waals surface area contributed by atoms with E-state index in [0.717, 1.165) is 22.5 Å². The molecule has 5 aromatic rings. The van der Waals surface area contributed by atoms with Crippen LogP contribution in [0.4, 0.5) is 5.13 Å². The van der Waals surface area contributed by atoms with Gasteiger partial charge >= 0.3 is 0 Å². The highest BCUT2D eigenvalue weighted by atomic mass is 32.2. The number of fused-ring (bicyclic) bond motifs is 3. The summed E-state index contributed by atoms with van der Waals surface area (Å²) in [6, 6.07) is 15.2. The van der Waals surface area contributed by atoms with Crippen molar-refractivity contribution in [2.24, 2.45) is 0 Å². The van der Waals surface area contributed by atoms with Crippen molar-refractivity contribution in [2.75, 3.05) is 5.32 Å². The van der Waals surface area contributed by atoms with E-state index < -0.39 is 0 Å². The van der Waals surface area contributed by atoms with E-state index in [9.17, 15) is 9.59 Å². The van der Waals surface area contributed by atoms with E-state index >= 15 is 0 Å². The van der Waals surface area contributed by atoms with E-state index in [-0.39, 0.29) is 11.5 Å². The molecule has 0 saturated carbocycles. The lowest BCUT2D eigenvalue weighted by Crippen LogP contribution is -2.21. The van der Waals surface area contributed by atoms with Gasteiger partial charge in [-0.15, -0.1) is 21.5 Å². The molecular weight excluding hydrogens is 444 g/mol. The first-order chi connectivity index (χ1) is 15.5. The number of amides is 1. The molecule has 0 bridgehead atoms. The zero-order valence-electron chi connectivity index (χ0n) is 17.3. The Morgan fingerprint density at radius 3 is 2.69 bits per heavy atom. The van der Waals surface area contributed by atoms with Crippen LogP contribution in [0.15, 0.2) is 63.9 Å². The van der Waals surface area contributed by atoms with Crippen molar-refractivity contribution in [3.63, 3.8) is 0 Å². The standard InChI is InChI=1S/C22H18N6O2S2/c1-13-7-9-16(10-8-13)27-19(30)17-5-3-4-6-18(17)28-21(27)25-26-22(28)32-12-15-11-31-20(24-15)23-14(2)29/h3-11H,12H2,1-2H3,(H,23,24,29). The molecule has 5 rings (SSSR count). The number of nitrogens with zero attached hydrogens (tertiary/aromatic N) is 5. The molecule has 3 aromatic heterocycles. The molecule has 0 aliphatic heterocycles. The number of aromatic nitrogens is 5. The first kappa shape index (κ1) is 20.4. The van der Waals surface area contributed by atoms with Crippen LogP contribution < -0.4 is 10.9 Å². The van der Waals surface area contributed by atoms with Gasteiger partial charge in [-0.2, -0.15) is 0 Å². The van der Waals surface area contributed by atoms with Crippen LogP contribution in [0.5, 0.6) is 0 Å². The SMILES string of the molecule is CC(=O)Nc1nc(CSc2nnc3n(-c4ccc(C)cc4)c(=O)c4ccccc4n23)cs1. The third-order valence-electron chi connectivity index (χ3n) is 4.87. The van der Waals surface area contributed by atoms with Crippen LogP contribution in [0.1, 0.15) is 18.2 Å². The number of thioether (sulfide) groups is 1. The summed E-state index contributed by atoms with van der Waals surface area (Å²) in [4.78, 5) is 29.0. The third kappa shape index (κ3) is 3.67. The van der Waals surface area contributed by atoms with E-state index in [1.807, 2.05) is 65.2 Å². The molecule has 0 saturated heterocycles. The number of para-hydroxylation sites is 1. The van der Waals surface area contributed by atoms with Crippen molar-refractivity contribution < 1.29 is 4.79 Å². The van der Waals surface area contributed by atoms with Gasteiger partial charge in [0.1, 0.15) is 0 Å². The van der Waals surface area contributed by atoms with E-state index in [2.05, 4.69) is 20.5 Å². The number of carbonyl (C=O) groups is 1. The van der Waals surface area contributed by atoms with Gasteiger partial charge in [0.2, 0.25) is 11.7 Å². The van der Waals surface area contributed by atoms with Crippen LogP contribution in [0.25, 0.3) is 22.4 Å². The van der Waals surface area contributed by atoms with Gasteiger partial charge in [0.15, 0.2) is 10.3 Å². The fourth-order valence-electron chi connectivity index (χ4n) is 3.42. The fourth-order valence-corrected chi connectivity index (χ4v) is 5.11. The molecule has 10 heteroatoms. The molecular formula is C22H18N6O2S2. The zero-order valence-corrected chi connectivity index (χ0v) is 18.9. The summed E-state index contributed by atoms with van der Waals surface area (Å²) in [5.74, 6) is 0.856. The highest BCUT2D eigenvalue weighted by Crippen LogP contribution is 2.27. The van der Waals surface area contributed by atoms with Crippen LogP contribution in [-0.2, 0) is 10.5 Å². The van der Waals surface area contributed by atoms with Crippen molar-refractivity contribution in [1.82, 2.24) is 24.1 Å². The normalized spacial score (nSPS) is 11.3. The van der Waals surface area contributed by atoms with Crippen LogP contribution in [0, 0.1) is 6.92 Å². The Morgan fingerprint density at radius 2 is 1.91 bits per heavy atom. The number of hydrogen-bond donors (Lipinski definition) is 1. The summed E-state index contributed by atoms with van der Waals surface area (Å²) in [6.07, 6.45) is 0. The monoisotopic (exact) mass is 462 g/mol. The molecule has 0 aliphatic carbocycles. The Hall–Kier alpha value is -3.50. The second-order valence-corrected chi connectivity index (χ2v) is 9.03. The highest BCUT2D eigenvalue weighted by Gasteiger charge is 2.18. The molecule has 32 heavy (non-hydrogen) atoms. The topological polar surface area (TPSA) is 94.2 Å². The lowest BCUT2D eigenvalue weighted by molar-refractivity contribution is -0.114. The quantitative estimate of drug-likeness (QED) is 0.396. The Morgan fingerprint density at radius 1 is 1.12 bits per heavy atom.